The number of phenolic OH excluding ortho intramolecular Hbond substituents is 1. The van der Waals surface area contributed by atoms with Crippen LogP contribution in [0.4, 0.5) is 0 Å². The molecular formula is C16H15BrN2O3. The van der Waals surface area contributed by atoms with Gasteiger partial charge in [-0.3, -0.25) is 9.59 Å². The molecule has 0 spiro atoms. The lowest BCUT2D eigenvalue weighted by molar-refractivity contribution is 0.0927. The van der Waals surface area contributed by atoms with Gasteiger partial charge in [0.2, 0.25) is 0 Å². The summed E-state index contributed by atoms with van der Waals surface area (Å²) >= 11 is 3.31. The summed E-state index contributed by atoms with van der Waals surface area (Å²) in [6.07, 6.45) is 0. The summed E-state index contributed by atoms with van der Waals surface area (Å²) in [7, 11) is 0. The lowest BCUT2D eigenvalue weighted by Gasteiger charge is -2.08. The molecule has 3 N–H and O–H groups in total. The smallest absolute Gasteiger partial charge is 0.252 e. The number of aromatic hydroxyl groups is 1. The summed E-state index contributed by atoms with van der Waals surface area (Å²) in [6.45, 7) is 0.639. The number of carbonyl (C=O) groups is 2. The lowest BCUT2D eigenvalue weighted by Crippen LogP contribution is -2.34. The van der Waals surface area contributed by atoms with Crippen molar-refractivity contribution in [2.45, 2.75) is 0 Å². The van der Waals surface area contributed by atoms with Gasteiger partial charge in [0.05, 0.1) is 5.56 Å². The molecule has 22 heavy (non-hydrogen) atoms. The van der Waals surface area contributed by atoms with Crippen LogP contribution in [0, 0.1) is 0 Å². The first kappa shape index (κ1) is 16.0. The molecule has 0 heterocycles. The minimum atomic E-state index is -0.254. The molecule has 2 aromatic rings. The molecule has 0 aromatic heterocycles. The number of phenols is 1. The second-order valence-electron chi connectivity index (χ2n) is 4.54. The molecule has 0 saturated carbocycles. The number of benzene rings is 2. The van der Waals surface area contributed by atoms with E-state index in [1.165, 1.54) is 24.3 Å². The summed E-state index contributed by atoms with van der Waals surface area (Å²) in [4.78, 5) is 23.7. The number of nitrogens with one attached hydrogen (secondary N) is 2. The Morgan fingerprint density at radius 1 is 0.909 bits per heavy atom. The van der Waals surface area contributed by atoms with E-state index < -0.39 is 0 Å². The molecular weight excluding hydrogens is 348 g/mol. The largest absolute Gasteiger partial charge is 0.508 e. The third-order valence-corrected chi connectivity index (χ3v) is 3.64. The zero-order valence-corrected chi connectivity index (χ0v) is 13.3. The van der Waals surface area contributed by atoms with Gasteiger partial charge in [0.1, 0.15) is 5.75 Å². The van der Waals surface area contributed by atoms with Crippen LogP contribution in [0.3, 0.4) is 0 Å². The molecule has 0 radical (unpaired) electrons. The highest BCUT2D eigenvalue weighted by atomic mass is 79.9. The third-order valence-electron chi connectivity index (χ3n) is 2.94. The van der Waals surface area contributed by atoms with Gasteiger partial charge in [-0.2, -0.15) is 0 Å². The van der Waals surface area contributed by atoms with Crippen LogP contribution in [0.2, 0.25) is 0 Å². The van der Waals surface area contributed by atoms with E-state index in [-0.39, 0.29) is 17.6 Å². The topological polar surface area (TPSA) is 78.4 Å². The van der Waals surface area contributed by atoms with Crippen LogP contribution in [0.1, 0.15) is 20.7 Å². The fraction of sp³-hybridized carbons (Fsp3) is 0.125. The van der Waals surface area contributed by atoms with Crippen LogP contribution in [0.15, 0.2) is 53.0 Å². The van der Waals surface area contributed by atoms with Gasteiger partial charge in [0, 0.05) is 23.1 Å². The highest BCUT2D eigenvalue weighted by Gasteiger charge is 2.09. The van der Waals surface area contributed by atoms with E-state index in [9.17, 15) is 9.59 Å². The van der Waals surface area contributed by atoms with Crippen LogP contribution >= 0.6 is 15.9 Å². The molecule has 0 unspecified atom stereocenters. The van der Waals surface area contributed by atoms with E-state index in [0.717, 1.165) is 4.47 Å². The normalized spacial score (nSPS) is 10.0. The Bertz CT molecular complexity index is 671. The predicted molar refractivity (Wildman–Crippen MR) is 86.9 cm³/mol. The van der Waals surface area contributed by atoms with Crippen molar-refractivity contribution in [1.29, 1.82) is 0 Å². The summed E-state index contributed by atoms with van der Waals surface area (Å²) in [5.41, 5.74) is 1.00. The number of rotatable bonds is 5. The number of hydrogen-bond donors (Lipinski definition) is 3. The SMILES string of the molecule is O=C(NCCNC(=O)c1ccccc1Br)c1ccc(O)cc1. The van der Waals surface area contributed by atoms with Crippen molar-refractivity contribution in [1.82, 2.24) is 10.6 Å². The third kappa shape index (κ3) is 4.33. The van der Waals surface area contributed by atoms with Gasteiger partial charge >= 0.3 is 0 Å². The average Bonchev–Trinajstić information content (AvgIpc) is 2.52. The minimum absolute atomic E-state index is 0.109. The van der Waals surface area contributed by atoms with Crippen molar-refractivity contribution in [2.24, 2.45) is 0 Å². The second-order valence-corrected chi connectivity index (χ2v) is 5.39. The van der Waals surface area contributed by atoms with E-state index in [1.807, 2.05) is 6.07 Å². The zero-order valence-electron chi connectivity index (χ0n) is 11.7. The number of halogens is 1. The van der Waals surface area contributed by atoms with Crippen molar-refractivity contribution < 1.29 is 14.7 Å². The molecule has 0 atom stereocenters. The van der Waals surface area contributed by atoms with Crippen molar-refractivity contribution in [3.63, 3.8) is 0 Å². The van der Waals surface area contributed by atoms with Gasteiger partial charge < -0.3 is 15.7 Å². The first-order valence-electron chi connectivity index (χ1n) is 6.68. The minimum Gasteiger partial charge on any atom is -0.508 e. The van der Waals surface area contributed by atoms with E-state index in [1.54, 1.807) is 18.2 Å². The Balaban J connectivity index is 1.77. The molecule has 6 heteroatoms. The molecule has 0 aliphatic rings. The highest BCUT2D eigenvalue weighted by Crippen LogP contribution is 2.15. The second kappa shape index (κ2) is 7.61. The molecule has 0 aliphatic carbocycles. The quantitative estimate of drug-likeness (QED) is 0.714. The molecule has 0 bridgehead atoms. The van der Waals surface area contributed by atoms with Gasteiger partial charge in [0.15, 0.2) is 0 Å². The highest BCUT2D eigenvalue weighted by molar-refractivity contribution is 9.10. The Labute approximate surface area is 136 Å². The van der Waals surface area contributed by atoms with Gasteiger partial charge in [-0.05, 0) is 52.3 Å². The zero-order chi connectivity index (χ0) is 15.9. The fourth-order valence-corrected chi connectivity index (χ4v) is 2.27. The van der Waals surface area contributed by atoms with Crippen molar-refractivity contribution in [3.05, 3.63) is 64.1 Å². The Kier molecular flexibility index (Phi) is 5.55. The molecule has 5 nitrogen and oxygen atoms in total. The van der Waals surface area contributed by atoms with E-state index in [0.29, 0.717) is 24.2 Å². The van der Waals surface area contributed by atoms with Gasteiger partial charge in [-0.25, -0.2) is 0 Å². The maximum Gasteiger partial charge on any atom is 0.252 e. The Morgan fingerprint density at radius 3 is 2.14 bits per heavy atom. The summed E-state index contributed by atoms with van der Waals surface area (Å²) in [5.74, 6) is -0.348. The van der Waals surface area contributed by atoms with E-state index >= 15 is 0 Å². The van der Waals surface area contributed by atoms with E-state index in [2.05, 4.69) is 26.6 Å². The molecule has 2 aromatic carbocycles. The first-order valence-corrected chi connectivity index (χ1v) is 7.47. The monoisotopic (exact) mass is 362 g/mol. The number of amides is 2. The molecule has 114 valence electrons. The van der Waals surface area contributed by atoms with Crippen LogP contribution in [0.25, 0.3) is 0 Å². The van der Waals surface area contributed by atoms with Crippen LogP contribution in [-0.2, 0) is 0 Å². The predicted octanol–water partition coefficient (Wildman–Crippen LogP) is 2.31. The van der Waals surface area contributed by atoms with Crippen molar-refractivity contribution in [3.8, 4) is 5.75 Å². The number of carbonyl (C=O) groups excluding carboxylic acids is 2. The van der Waals surface area contributed by atoms with Gasteiger partial charge in [0.25, 0.3) is 11.8 Å². The Hall–Kier alpha value is -2.34. The molecule has 0 aliphatic heterocycles. The summed E-state index contributed by atoms with van der Waals surface area (Å²) in [6, 6.07) is 13.1. The molecule has 0 saturated heterocycles. The van der Waals surface area contributed by atoms with Gasteiger partial charge in [-0.1, -0.05) is 12.1 Å². The summed E-state index contributed by atoms with van der Waals surface area (Å²) < 4.78 is 0.723. The maximum absolute atomic E-state index is 11.9. The molecule has 2 rings (SSSR count). The van der Waals surface area contributed by atoms with Gasteiger partial charge in [-0.15, -0.1) is 0 Å². The van der Waals surface area contributed by atoms with Crippen molar-refractivity contribution in [2.75, 3.05) is 13.1 Å². The van der Waals surface area contributed by atoms with Crippen molar-refractivity contribution >= 4 is 27.7 Å². The first-order chi connectivity index (χ1) is 10.6. The van der Waals surface area contributed by atoms with Crippen LogP contribution < -0.4 is 10.6 Å². The molecule has 0 fully saturated rings. The lowest BCUT2D eigenvalue weighted by atomic mass is 10.2. The fourth-order valence-electron chi connectivity index (χ4n) is 1.81. The Morgan fingerprint density at radius 2 is 1.50 bits per heavy atom. The average molecular weight is 363 g/mol. The van der Waals surface area contributed by atoms with E-state index in [4.69, 9.17) is 5.11 Å². The van der Waals surface area contributed by atoms with Crippen LogP contribution in [-0.4, -0.2) is 30.0 Å². The van der Waals surface area contributed by atoms with Crippen LogP contribution in [0.5, 0.6) is 5.75 Å². The summed E-state index contributed by atoms with van der Waals surface area (Å²) in [5, 5.41) is 14.6. The number of hydrogen-bond acceptors (Lipinski definition) is 3. The maximum atomic E-state index is 11.9. The molecule has 2 amide bonds. The standard InChI is InChI=1S/C16H15BrN2O3/c17-14-4-2-1-3-13(14)16(22)19-10-9-18-15(21)11-5-7-12(20)8-6-11/h1-8,20H,9-10H2,(H,18,21)(H,19,22).